The van der Waals surface area contributed by atoms with Crippen molar-refractivity contribution in [1.82, 2.24) is 0 Å². The van der Waals surface area contributed by atoms with Gasteiger partial charge >= 0.3 is 0 Å². The van der Waals surface area contributed by atoms with Crippen LogP contribution in [0, 0.1) is 0 Å². The first-order valence-corrected chi connectivity index (χ1v) is 5.66. The van der Waals surface area contributed by atoms with Gasteiger partial charge < -0.3 is 4.74 Å². The monoisotopic (exact) mass is 238 g/mol. The summed E-state index contributed by atoms with van der Waals surface area (Å²) in [6.07, 6.45) is 1.75. The highest BCUT2D eigenvalue weighted by atomic mass is 16.5. The van der Waals surface area contributed by atoms with Crippen molar-refractivity contribution < 1.29 is 9.53 Å². The molecule has 0 N–H and O–H groups in total. The summed E-state index contributed by atoms with van der Waals surface area (Å²) in [6.45, 7) is 3.69. The van der Waals surface area contributed by atoms with E-state index in [0.717, 1.165) is 5.56 Å². The Morgan fingerprint density at radius 1 is 1.11 bits per heavy atom. The molecule has 2 heteroatoms. The van der Waals surface area contributed by atoms with Gasteiger partial charge in [0.25, 0.3) is 0 Å². The lowest BCUT2D eigenvalue weighted by Crippen LogP contribution is -2.03. The third-order valence-corrected chi connectivity index (χ3v) is 2.76. The third kappa shape index (κ3) is 2.33. The van der Waals surface area contributed by atoms with Gasteiger partial charge in [-0.05, 0) is 17.7 Å². The van der Waals surface area contributed by atoms with Crippen LogP contribution in [0.15, 0.2) is 55.1 Å². The van der Waals surface area contributed by atoms with Gasteiger partial charge in [-0.3, -0.25) is 4.79 Å². The molecule has 0 aliphatic heterocycles. The van der Waals surface area contributed by atoms with Crippen LogP contribution in [0.3, 0.4) is 0 Å². The fraction of sp³-hybridized carbons (Fsp3) is 0.0625. The summed E-state index contributed by atoms with van der Waals surface area (Å²) in [7, 11) is 1.56. The number of carbonyl (C=O) groups is 1. The molecule has 0 bridgehead atoms. The molecule has 0 aliphatic carbocycles. The zero-order valence-electron chi connectivity index (χ0n) is 10.2. The summed E-state index contributed by atoms with van der Waals surface area (Å²) in [5.41, 5.74) is 2.21. The van der Waals surface area contributed by atoms with Gasteiger partial charge in [0.1, 0.15) is 5.75 Å². The maximum atomic E-state index is 12.3. The lowest BCUT2D eigenvalue weighted by molar-refractivity contribution is 0.103. The molecule has 2 nitrogen and oxygen atoms in total. The van der Waals surface area contributed by atoms with E-state index < -0.39 is 0 Å². The molecule has 0 atom stereocenters. The molecule has 90 valence electrons. The molecular formula is C16H14O2. The van der Waals surface area contributed by atoms with Crippen molar-refractivity contribution in [3.63, 3.8) is 0 Å². The molecule has 2 aromatic rings. The number of hydrogen-bond acceptors (Lipinski definition) is 2. The molecule has 0 aromatic heterocycles. The molecule has 2 rings (SSSR count). The molecule has 0 saturated carbocycles. The molecule has 18 heavy (non-hydrogen) atoms. The van der Waals surface area contributed by atoms with E-state index in [1.807, 2.05) is 24.3 Å². The van der Waals surface area contributed by atoms with Crippen LogP contribution in [-0.4, -0.2) is 12.9 Å². The Hall–Kier alpha value is -2.35. The van der Waals surface area contributed by atoms with Gasteiger partial charge in [0.2, 0.25) is 0 Å². The molecule has 0 heterocycles. The van der Waals surface area contributed by atoms with E-state index in [1.165, 1.54) is 0 Å². The second-order valence-electron chi connectivity index (χ2n) is 3.86. The maximum absolute atomic E-state index is 12.3. The summed E-state index contributed by atoms with van der Waals surface area (Å²) >= 11 is 0. The summed E-state index contributed by atoms with van der Waals surface area (Å²) < 4.78 is 5.20. The molecular weight excluding hydrogens is 224 g/mol. The summed E-state index contributed by atoms with van der Waals surface area (Å²) in [6, 6.07) is 14.6. The fourth-order valence-electron chi connectivity index (χ4n) is 1.76. The van der Waals surface area contributed by atoms with Gasteiger partial charge in [0.05, 0.1) is 12.7 Å². The number of benzene rings is 2. The minimum Gasteiger partial charge on any atom is -0.496 e. The fourth-order valence-corrected chi connectivity index (χ4v) is 1.76. The van der Waals surface area contributed by atoms with E-state index in [-0.39, 0.29) is 5.78 Å². The first-order chi connectivity index (χ1) is 8.76. The highest BCUT2D eigenvalue weighted by molar-refractivity contribution is 6.10. The highest BCUT2D eigenvalue weighted by Crippen LogP contribution is 2.21. The summed E-state index contributed by atoms with van der Waals surface area (Å²) in [4.78, 5) is 12.3. The van der Waals surface area contributed by atoms with E-state index in [0.29, 0.717) is 16.9 Å². The number of rotatable bonds is 4. The molecule has 0 radical (unpaired) electrons. The smallest absolute Gasteiger partial charge is 0.196 e. The average Bonchev–Trinajstić information content (AvgIpc) is 2.46. The predicted octanol–water partition coefficient (Wildman–Crippen LogP) is 3.57. The lowest BCUT2D eigenvalue weighted by Gasteiger charge is -2.07. The van der Waals surface area contributed by atoms with Crippen molar-refractivity contribution in [3.05, 3.63) is 71.8 Å². The van der Waals surface area contributed by atoms with Crippen molar-refractivity contribution in [2.45, 2.75) is 0 Å². The van der Waals surface area contributed by atoms with E-state index in [2.05, 4.69) is 6.58 Å². The molecule has 0 amide bonds. The highest BCUT2D eigenvalue weighted by Gasteiger charge is 2.13. The maximum Gasteiger partial charge on any atom is 0.196 e. The number of para-hydroxylation sites is 1. The van der Waals surface area contributed by atoms with E-state index in [9.17, 15) is 4.79 Å². The van der Waals surface area contributed by atoms with Crippen molar-refractivity contribution in [1.29, 1.82) is 0 Å². The van der Waals surface area contributed by atoms with Gasteiger partial charge in [-0.1, -0.05) is 49.1 Å². The Bertz CT molecular complexity index is 568. The van der Waals surface area contributed by atoms with Gasteiger partial charge in [-0.15, -0.1) is 0 Å². The van der Waals surface area contributed by atoms with Gasteiger partial charge in [-0.2, -0.15) is 0 Å². The Labute approximate surface area is 107 Å². The van der Waals surface area contributed by atoms with Crippen molar-refractivity contribution >= 4 is 11.9 Å². The zero-order chi connectivity index (χ0) is 13.0. The Kier molecular flexibility index (Phi) is 3.58. The topological polar surface area (TPSA) is 26.3 Å². The summed E-state index contributed by atoms with van der Waals surface area (Å²) in [5.74, 6) is 0.554. The molecule has 0 aliphatic rings. The Balaban J connectivity index is 2.38. The lowest BCUT2D eigenvalue weighted by atomic mass is 10.0. The number of ketones is 1. The van der Waals surface area contributed by atoms with Crippen LogP contribution in [0.1, 0.15) is 21.5 Å². The average molecular weight is 238 g/mol. The van der Waals surface area contributed by atoms with Crippen molar-refractivity contribution in [2.24, 2.45) is 0 Å². The second-order valence-corrected chi connectivity index (χ2v) is 3.86. The predicted molar refractivity (Wildman–Crippen MR) is 73.0 cm³/mol. The van der Waals surface area contributed by atoms with E-state index in [1.54, 1.807) is 37.5 Å². The van der Waals surface area contributed by atoms with Crippen LogP contribution >= 0.6 is 0 Å². The Morgan fingerprint density at radius 2 is 1.78 bits per heavy atom. The van der Waals surface area contributed by atoms with Crippen LogP contribution in [0.5, 0.6) is 5.75 Å². The van der Waals surface area contributed by atoms with Crippen LogP contribution < -0.4 is 4.74 Å². The number of carbonyl (C=O) groups excluding carboxylic acids is 1. The normalized spacial score (nSPS) is 9.83. The van der Waals surface area contributed by atoms with Gasteiger partial charge in [0, 0.05) is 5.56 Å². The molecule has 0 saturated heterocycles. The number of methoxy groups -OCH3 is 1. The minimum absolute atomic E-state index is 0.0388. The second kappa shape index (κ2) is 5.32. The minimum atomic E-state index is -0.0388. The SMILES string of the molecule is C=Cc1ccc(C(=O)c2ccccc2OC)cc1. The van der Waals surface area contributed by atoms with E-state index >= 15 is 0 Å². The first kappa shape index (κ1) is 12.1. The van der Waals surface area contributed by atoms with Crippen LogP contribution in [0.2, 0.25) is 0 Å². The van der Waals surface area contributed by atoms with Crippen molar-refractivity contribution in [3.8, 4) is 5.75 Å². The van der Waals surface area contributed by atoms with E-state index in [4.69, 9.17) is 4.74 Å². The molecule has 0 unspecified atom stereocenters. The summed E-state index contributed by atoms with van der Waals surface area (Å²) in [5, 5.41) is 0. The third-order valence-electron chi connectivity index (χ3n) is 2.76. The molecule has 0 fully saturated rings. The quantitative estimate of drug-likeness (QED) is 0.761. The largest absolute Gasteiger partial charge is 0.496 e. The standard InChI is InChI=1S/C16H14O2/c1-3-12-8-10-13(11-9-12)16(17)14-6-4-5-7-15(14)18-2/h3-11H,1H2,2H3. The molecule has 0 spiro atoms. The number of ether oxygens (including phenoxy) is 1. The van der Waals surface area contributed by atoms with Crippen LogP contribution in [0.4, 0.5) is 0 Å². The Morgan fingerprint density at radius 3 is 2.39 bits per heavy atom. The first-order valence-electron chi connectivity index (χ1n) is 5.66. The van der Waals surface area contributed by atoms with Gasteiger partial charge in [-0.25, -0.2) is 0 Å². The van der Waals surface area contributed by atoms with Crippen LogP contribution in [-0.2, 0) is 0 Å². The molecule has 2 aromatic carbocycles. The zero-order valence-corrected chi connectivity index (χ0v) is 10.2. The van der Waals surface area contributed by atoms with Crippen LogP contribution in [0.25, 0.3) is 6.08 Å². The van der Waals surface area contributed by atoms with Gasteiger partial charge in [0.15, 0.2) is 5.78 Å². The number of hydrogen-bond donors (Lipinski definition) is 0. The van der Waals surface area contributed by atoms with Crippen molar-refractivity contribution in [2.75, 3.05) is 7.11 Å².